The standard InChI is InChI=1S/C13H23N5/c1-10-12(14)16-9-17-13(10)15-7-8-18(2)11-5-3-4-6-11/h9,11H,3-8H2,1-2H3,(H3,14,15,16,17). The van der Waals surface area contributed by atoms with Crippen LogP contribution in [0.5, 0.6) is 0 Å². The van der Waals surface area contributed by atoms with E-state index in [0.29, 0.717) is 5.82 Å². The Labute approximate surface area is 109 Å². The summed E-state index contributed by atoms with van der Waals surface area (Å²) in [5.74, 6) is 1.40. The van der Waals surface area contributed by atoms with Gasteiger partial charge in [-0.3, -0.25) is 0 Å². The highest BCUT2D eigenvalue weighted by atomic mass is 15.2. The third kappa shape index (κ3) is 3.10. The summed E-state index contributed by atoms with van der Waals surface area (Å²) in [6, 6.07) is 0.767. The molecule has 0 saturated heterocycles. The van der Waals surface area contributed by atoms with Gasteiger partial charge in [0.1, 0.15) is 18.0 Å². The van der Waals surface area contributed by atoms with Gasteiger partial charge in [0.05, 0.1) is 0 Å². The predicted molar refractivity (Wildman–Crippen MR) is 74.6 cm³/mol. The van der Waals surface area contributed by atoms with Gasteiger partial charge in [0.25, 0.3) is 0 Å². The minimum Gasteiger partial charge on any atom is -0.383 e. The number of nitrogen functional groups attached to an aromatic ring is 1. The van der Waals surface area contributed by atoms with E-state index >= 15 is 0 Å². The first-order valence-electron chi connectivity index (χ1n) is 6.69. The van der Waals surface area contributed by atoms with Crippen LogP contribution in [-0.2, 0) is 0 Å². The number of aromatic nitrogens is 2. The lowest BCUT2D eigenvalue weighted by molar-refractivity contribution is 0.254. The fourth-order valence-corrected chi connectivity index (χ4v) is 2.52. The number of hydrogen-bond acceptors (Lipinski definition) is 5. The maximum absolute atomic E-state index is 5.75. The molecule has 0 amide bonds. The van der Waals surface area contributed by atoms with Crippen molar-refractivity contribution < 1.29 is 0 Å². The minimum absolute atomic E-state index is 0.552. The largest absolute Gasteiger partial charge is 0.383 e. The summed E-state index contributed by atoms with van der Waals surface area (Å²) in [5, 5.41) is 3.34. The predicted octanol–water partition coefficient (Wildman–Crippen LogP) is 1.65. The first-order chi connectivity index (χ1) is 8.68. The summed E-state index contributed by atoms with van der Waals surface area (Å²) in [7, 11) is 2.21. The molecule has 0 atom stereocenters. The monoisotopic (exact) mass is 249 g/mol. The summed E-state index contributed by atoms with van der Waals surface area (Å²) in [4.78, 5) is 10.6. The van der Waals surface area contributed by atoms with Gasteiger partial charge < -0.3 is 16.0 Å². The van der Waals surface area contributed by atoms with Crippen molar-refractivity contribution in [3.8, 4) is 0 Å². The molecule has 0 aromatic carbocycles. The van der Waals surface area contributed by atoms with Crippen LogP contribution >= 0.6 is 0 Å². The molecule has 1 aliphatic rings. The van der Waals surface area contributed by atoms with Gasteiger partial charge in [-0.25, -0.2) is 9.97 Å². The Kier molecular flexibility index (Phi) is 4.36. The highest BCUT2D eigenvalue weighted by Gasteiger charge is 2.18. The van der Waals surface area contributed by atoms with E-state index in [1.54, 1.807) is 0 Å². The van der Waals surface area contributed by atoms with Crippen LogP contribution in [0.15, 0.2) is 6.33 Å². The first-order valence-corrected chi connectivity index (χ1v) is 6.69. The van der Waals surface area contributed by atoms with Gasteiger partial charge in [-0.2, -0.15) is 0 Å². The van der Waals surface area contributed by atoms with Crippen LogP contribution < -0.4 is 11.1 Å². The number of hydrogen-bond donors (Lipinski definition) is 2. The lowest BCUT2D eigenvalue weighted by atomic mass is 10.2. The smallest absolute Gasteiger partial charge is 0.134 e. The third-order valence-corrected chi connectivity index (χ3v) is 3.83. The Bertz CT molecular complexity index is 387. The molecule has 1 heterocycles. The second-order valence-corrected chi connectivity index (χ2v) is 5.08. The van der Waals surface area contributed by atoms with Crippen LogP contribution in [-0.4, -0.2) is 41.0 Å². The maximum atomic E-state index is 5.75. The number of anilines is 2. The molecular weight excluding hydrogens is 226 g/mol. The Hall–Kier alpha value is -1.36. The van der Waals surface area contributed by atoms with Crippen molar-refractivity contribution in [2.75, 3.05) is 31.2 Å². The van der Waals surface area contributed by atoms with Crippen LogP contribution in [0, 0.1) is 6.92 Å². The van der Waals surface area contributed by atoms with E-state index in [1.165, 1.54) is 32.0 Å². The SMILES string of the molecule is Cc1c(N)ncnc1NCCN(C)C1CCCC1. The van der Waals surface area contributed by atoms with Gasteiger partial charge in [0, 0.05) is 24.7 Å². The van der Waals surface area contributed by atoms with Crippen LogP contribution in [0.2, 0.25) is 0 Å². The molecule has 1 fully saturated rings. The molecule has 0 bridgehead atoms. The highest BCUT2D eigenvalue weighted by molar-refractivity contribution is 5.53. The molecule has 0 aliphatic heterocycles. The molecule has 2 rings (SSSR count). The normalized spacial score (nSPS) is 16.4. The molecule has 1 aromatic rings. The summed E-state index contributed by atoms with van der Waals surface area (Å²) < 4.78 is 0. The first kappa shape index (κ1) is 13.1. The summed E-state index contributed by atoms with van der Waals surface area (Å²) in [5.41, 5.74) is 6.68. The fourth-order valence-electron chi connectivity index (χ4n) is 2.52. The van der Waals surface area contributed by atoms with E-state index in [2.05, 4.69) is 27.2 Å². The van der Waals surface area contributed by atoms with Crippen molar-refractivity contribution >= 4 is 11.6 Å². The molecule has 1 saturated carbocycles. The van der Waals surface area contributed by atoms with Crippen molar-refractivity contribution in [1.82, 2.24) is 14.9 Å². The molecule has 5 heteroatoms. The van der Waals surface area contributed by atoms with E-state index in [-0.39, 0.29) is 0 Å². The Morgan fingerprint density at radius 1 is 1.39 bits per heavy atom. The second kappa shape index (κ2) is 6.00. The fraction of sp³-hybridized carbons (Fsp3) is 0.692. The van der Waals surface area contributed by atoms with Crippen molar-refractivity contribution in [2.24, 2.45) is 0 Å². The van der Waals surface area contributed by atoms with E-state index in [9.17, 15) is 0 Å². The van der Waals surface area contributed by atoms with Gasteiger partial charge in [-0.15, -0.1) is 0 Å². The Morgan fingerprint density at radius 3 is 2.83 bits per heavy atom. The lowest BCUT2D eigenvalue weighted by Crippen LogP contribution is -2.33. The molecule has 0 radical (unpaired) electrons. The summed E-state index contributed by atoms with van der Waals surface area (Å²) in [6.45, 7) is 3.87. The topological polar surface area (TPSA) is 67.1 Å². The molecule has 0 unspecified atom stereocenters. The van der Waals surface area contributed by atoms with E-state index in [4.69, 9.17) is 5.73 Å². The zero-order valence-electron chi connectivity index (χ0n) is 11.3. The molecule has 5 nitrogen and oxygen atoms in total. The molecule has 18 heavy (non-hydrogen) atoms. The van der Waals surface area contributed by atoms with Gasteiger partial charge in [0.15, 0.2) is 0 Å². The number of rotatable bonds is 5. The van der Waals surface area contributed by atoms with Crippen LogP contribution in [0.1, 0.15) is 31.2 Å². The molecular formula is C13H23N5. The number of nitrogens with two attached hydrogens (primary N) is 1. The van der Waals surface area contributed by atoms with Crippen LogP contribution in [0.25, 0.3) is 0 Å². The third-order valence-electron chi connectivity index (χ3n) is 3.83. The number of nitrogens with one attached hydrogen (secondary N) is 1. The van der Waals surface area contributed by atoms with Crippen molar-refractivity contribution in [1.29, 1.82) is 0 Å². The average Bonchev–Trinajstić information content (AvgIpc) is 2.88. The quantitative estimate of drug-likeness (QED) is 0.830. The minimum atomic E-state index is 0.552. The molecule has 1 aromatic heterocycles. The molecule has 1 aliphatic carbocycles. The van der Waals surface area contributed by atoms with E-state index < -0.39 is 0 Å². The van der Waals surface area contributed by atoms with Crippen LogP contribution in [0.4, 0.5) is 11.6 Å². The average molecular weight is 249 g/mol. The molecule has 3 N–H and O–H groups in total. The van der Waals surface area contributed by atoms with Crippen molar-refractivity contribution in [2.45, 2.75) is 38.6 Å². The van der Waals surface area contributed by atoms with Crippen molar-refractivity contribution in [3.05, 3.63) is 11.9 Å². The van der Waals surface area contributed by atoms with Gasteiger partial charge in [-0.1, -0.05) is 12.8 Å². The number of nitrogens with zero attached hydrogens (tertiary/aromatic N) is 3. The summed E-state index contributed by atoms with van der Waals surface area (Å²) >= 11 is 0. The number of likely N-dealkylation sites (N-methyl/N-ethyl adjacent to an activating group) is 1. The highest BCUT2D eigenvalue weighted by Crippen LogP contribution is 2.22. The zero-order valence-corrected chi connectivity index (χ0v) is 11.3. The van der Waals surface area contributed by atoms with E-state index in [1.807, 2.05) is 6.92 Å². The molecule has 0 spiro atoms. The van der Waals surface area contributed by atoms with Gasteiger partial charge in [0.2, 0.25) is 0 Å². The van der Waals surface area contributed by atoms with Crippen LogP contribution in [0.3, 0.4) is 0 Å². The van der Waals surface area contributed by atoms with Gasteiger partial charge >= 0.3 is 0 Å². The lowest BCUT2D eigenvalue weighted by Gasteiger charge is -2.24. The second-order valence-electron chi connectivity index (χ2n) is 5.08. The summed E-state index contributed by atoms with van der Waals surface area (Å²) in [6.07, 6.45) is 6.95. The zero-order chi connectivity index (χ0) is 13.0. The molecule has 100 valence electrons. The Morgan fingerprint density at radius 2 is 2.11 bits per heavy atom. The van der Waals surface area contributed by atoms with Gasteiger partial charge in [-0.05, 0) is 26.8 Å². The van der Waals surface area contributed by atoms with E-state index in [0.717, 1.165) is 30.5 Å². The van der Waals surface area contributed by atoms with Crippen molar-refractivity contribution in [3.63, 3.8) is 0 Å². The maximum Gasteiger partial charge on any atom is 0.134 e. The Balaban J connectivity index is 1.79.